The van der Waals surface area contributed by atoms with E-state index in [1.807, 2.05) is 0 Å². The zero-order valence-electron chi connectivity index (χ0n) is 18.2. The Morgan fingerprint density at radius 1 is 1.00 bits per heavy atom. The van der Waals surface area contributed by atoms with Gasteiger partial charge in [-0.2, -0.15) is 19.4 Å². The van der Waals surface area contributed by atoms with Crippen LogP contribution in [0.3, 0.4) is 0 Å². The largest absolute Gasteiger partial charge is 0.436 e. The van der Waals surface area contributed by atoms with Gasteiger partial charge in [-0.15, -0.1) is 0 Å². The lowest BCUT2D eigenvalue weighted by Crippen LogP contribution is -2.35. The molecule has 1 aromatic heterocycles. The van der Waals surface area contributed by atoms with Gasteiger partial charge in [-0.3, -0.25) is 9.59 Å². The molecule has 2 aromatic carbocycles. The fraction of sp³-hybridized carbons (Fsp3) is 0.136. The molecule has 0 unspecified atom stereocenters. The second-order valence-corrected chi connectivity index (χ2v) is 6.84. The Morgan fingerprint density at radius 2 is 1.59 bits per heavy atom. The molecule has 12 heteroatoms. The molecule has 3 aromatic rings. The number of amides is 1. The van der Waals surface area contributed by atoms with Gasteiger partial charge in [0.15, 0.2) is 5.71 Å². The molecule has 0 atom stereocenters. The van der Waals surface area contributed by atoms with Gasteiger partial charge in [0.2, 0.25) is 5.82 Å². The molecule has 1 amide bonds. The number of para-hydroxylation sites is 2. The summed E-state index contributed by atoms with van der Waals surface area (Å²) < 4.78 is 26.2. The summed E-state index contributed by atoms with van der Waals surface area (Å²) in [5.41, 5.74) is -0.163. The Kier molecular flexibility index (Phi) is 7.93. The van der Waals surface area contributed by atoms with Crippen LogP contribution in [-0.4, -0.2) is 46.8 Å². The number of carbonyl (C=O) groups excluding carboxylic acids is 2. The van der Waals surface area contributed by atoms with E-state index in [1.54, 1.807) is 36.4 Å². The van der Waals surface area contributed by atoms with Gasteiger partial charge in [-0.1, -0.05) is 41.0 Å². The Hall–Kier alpha value is -4.25. The second kappa shape index (κ2) is 11.1. The van der Waals surface area contributed by atoms with Crippen molar-refractivity contribution in [3.63, 3.8) is 0 Å². The zero-order valence-corrected chi connectivity index (χ0v) is 18.9. The molecule has 3 rings (SSSR count). The van der Waals surface area contributed by atoms with E-state index in [4.69, 9.17) is 30.7 Å². The third-order valence-corrected chi connectivity index (χ3v) is 4.37. The number of carbonyl (C=O) groups is 2. The van der Waals surface area contributed by atoms with Gasteiger partial charge in [-0.05, 0) is 24.3 Å². The average Bonchev–Trinajstić information content (AvgIpc) is 2.81. The van der Waals surface area contributed by atoms with Crippen molar-refractivity contribution in [2.24, 2.45) is 5.16 Å². The molecule has 0 aliphatic heterocycles. The molecular formula is C22H18ClFN4O6. The molecule has 0 saturated carbocycles. The van der Waals surface area contributed by atoms with Crippen molar-refractivity contribution in [2.45, 2.75) is 6.92 Å². The number of nitrogens with zero attached hydrogens (tertiary/aromatic N) is 4. The maximum absolute atomic E-state index is 15.1. The standard InChI is InChI=1S/C22H18ClFN4O6/c1-13(29)34-28(2)22(30)19(27-31-3)14-8-4-6-10-16(14)32-20-18(24)21(26-12-25-20)33-17-11-7-5-9-15(17)23/h4-12H,1-3H3. The van der Waals surface area contributed by atoms with E-state index in [0.717, 1.165) is 13.3 Å². The first kappa shape index (κ1) is 24.4. The maximum atomic E-state index is 15.1. The van der Waals surface area contributed by atoms with E-state index >= 15 is 4.39 Å². The number of aromatic nitrogens is 2. The van der Waals surface area contributed by atoms with Crippen molar-refractivity contribution in [2.75, 3.05) is 14.2 Å². The third kappa shape index (κ3) is 5.75. The van der Waals surface area contributed by atoms with E-state index in [1.165, 1.54) is 26.3 Å². The van der Waals surface area contributed by atoms with Crippen LogP contribution in [-0.2, 0) is 19.3 Å². The summed E-state index contributed by atoms with van der Waals surface area (Å²) in [4.78, 5) is 41.1. The van der Waals surface area contributed by atoms with Gasteiger partial charge in [0.1, 0.15) is 24.9 Å². The van der Waals surface area contributed by atoms with Crippen molar-refractivity contribution >= 4 is 29.2 Å². The lowest BCUT2D eigenvalue weighted by Gasteiger charge is -2.17. The monoisotopic (exact) mass is 488 g/mol. The summed E-state index contributed by atoms with van der Waals surface area (Å²) in [5, 5.41) is 4.65. The molecule has 0 spiro atoms. The number of oxime groups is 1. The molecular weight excluding hydrogens is 471 g/mol. The number of hydrogen-bond acceptors (Lipinski definition) is 9. The first-order chi connectivity index (χ1) is 16.3. The van der Waals surface area contributed by atoms with Crippen molar-refractivity contribution in [1.29, 1.82) is 0 Å². The molecule has 0 radical (unpaired) electrons. The summed E-state index contributed by atoms with van der Waals surface area (Å²) in [6.07, 6.45) is 1.04. The minimum Gasteiger partial charge on any atom is -0.436 e. The van der Waals surface area contributed by atoms with Crippen LogP contribution in [0, 0.1) is 5.82 Å². The van der Waals surface area contributed by atoms with Crippen LogP contribution >= 0.6 is 11.6 Å². The van der Waals surface area contributed by atoms with Crippen molar-refractivity contribution < 1.29 is 33.1 Å². The number of likely N-dealkylation sites (N-methyl/N-ethyl adjacent to an activating group) is 1. The smallest absolute Gasteiger partial charge is 0.329 e. The molecule has 0 aliphatic rings. The van der Waals surface area contributed by atoms with Gasteiger partial charge in [0, 0.05) is 14.0 Å². The minimum absolute atomic E-state index is 0.00386. The van der Waals surface area contributed by atoms with Crippen LogP contribution in [0.25, 0.3) is 0 Å². The summed E-state index contributed by atoms with van der Waals surface area (Å²) in [5.74, 6) is -3.27. The molecule has 0 bridgehead atoms. The molecule has 0 aliphatic carbocycles. The Labute approximate surface area is 198 Å². The zero-order chi connectivity index (χ0) is 24.7. The first-order valence-corrected chi connectivity index (χ1v) is 9.97. The highest BCUT2D eigenvalue weighted by atomic mass is 35.5. The van der Waals surface area contributed by atoms with Crippen molar-refractivity contribution in [3.05, 3.63) is 71.3 Å². The molecule has 176 valence electrons. The quantitative estimate of drug-likeness (QED) is 0.360. The van der Waals surface area contributed by atoms with Crippen LogP contribution < -0.4 is 9.47 Å². The molecule has 0 N–H and O–H groups in total. The van der Waals surface area contributed by atoms with Gasteiger partial charge >= 0.3 is 11.9 Å². The lowest BCUT2D eigenvalue weighted by atomic mass is 10.1. The highest BCUT2D eigenvalue weighted by molar-refractivity contribution is 6.45. The number of rotatable bonds is 7. The number of halogens is 2. The molecule has 10 nitrogen and oxygen atoms in total. The number of benzene rings is 2. The summed E-state index contributed by atoms with van der Waals surface area (Å²) >= 11 is 6.05. The Morgan fingerprint density at radius 3 is 2.21 bits per heavy atom. The van der Waals surface area contributed by atoms with Crippen molar-refractivity contribution in [3.8, 4) is 23.3 Å². The number of ether oxygens (including phenoxy) is 2. The molecule has 1 heterocycles. The van der Waals surface area contributed by atoms with Crippen LogP contribution in [0.2, 0.25) is 5.02 Å². The van der Waals surface area contributed by atoms with Crippen LogP contribution in [0.15, 0.2) is 60.0 Å². The summed E-state index contributed by atoms with van der Waals surface area (Å²) in [6, 6.07) is 12.6. The van der Waals surface area contributed by atoms with Crippen LogP contribution in [0.4, 0.5) is 4.39 Å². The highest BCUT2D eigenvalue weighted by Crippen LogP contribution is 2.33. The van der Waals surface area contributed by atoms with E-state index in [2.05, 4.69) is 15.1 Å². The fourth-order valence-electron chi connectivity index (χ4n) is 2.65. The van der Waals surface area contributed by atoms with Gasteiger partial charge in [-0.25, -0.2) is 0 Å². The van der Waals surface area contributed by atoms with Crippen LogP contribution in [0.1, 0.15) is 12.5 Å². The highest BCUT2D eigenvalue weighted by Gasteiger charge is 2.26. The molecule has 34 heavy (non-hydrogen) atoms. The summed E-state index contributed by atoms with van der Waals surface area (Å²) in [7, 11) is 2.45. The van der Waals surface area contributed by atoms with Gasteiger partial charge in [0.25, 0.3) is 11.8 Å². The first-order valence-electron chi connectivity index (χ1n) is 9.59. The Bertz CT molecular complexity index is 1240. The molecule has 0 fully saturated rings. The van der Waals surface area contributed by atoms with Crippen LogP contribution in [0.5, 0.6) is 23.3 Å². The number of hydroxylamine groups is 2. The Balaban J connectivity index is 1.94. The SMILES string of the molecule is CON=C(C(=O)N(C)OC(C)=O)c1ccccc1Oc1ncnc(Oc2ccccc2Cl)c1F. The predicted molar refractivity (Wildman–Crippen MR) is 118 cm³/mol. The maximum Gasteiger partial charge on any atom is 0.329 e. The van der Waals surface area contributed by atoms with Gasteiger partial charge in [0.05, 0.1) is 10.6 Å². The normalized spacial score (nSPS) is 10.9. The topological polar surface area (TPSA) is 112 Å². The molecule has 0 saturated heterocycles. The number of hydrogen-bond donors (Lipinski definition) is 0. The lowest BCUT2D eigenvalue weighted by molar-refractivity contribution is -0.186. The van der Waals surface area contributed by atoms with E-state index in [0.29, 0.717) is 5.06 Å². The fourth-order valence-corrected chi connectivity index (χ4v) is 2.82. The van der Waals surface area contributed by atoms with Crippen molar-refractivity contribution in [1.82, 2.24) is 15.0 Å². The minimum atomic E-state index is -1.01. The summed E-state index contributed by atoms with van der Waals surface area (Å²) in [6.45, 7) is 1.13. The predicted octanol–water partition coefficient (Wildman–Crippen LogP) is 4.14. The van der Waals surface area contributed by atoms with E-state index < -0.39 is 29.5 Å². The van der Waals surface area contributed by atoms with E-state index in [-0.39, 0.29) is 27.8 Å². The third-order valence-electron chi connectivity index (χ3n) is 4.05. The second-order valence-electron chi connectivity index (χ2n) is 6.44. The van der Waals surface area contributed by atoms with Gasteiger partial charge < -0.3 is 19.1 Å². The average molecular weight is 489 g/mol. The van der Waals surface area contributed by atoms with E-state index in [9.17, 15) is 9.59 Å².